The van der Waals surface area contributed by atoms with Crippen LogP contribution in [-0.2, 0) is 22.4 Å². The van der Waals surface area contributed by atoms with E-state index in [9.17, 15) is 9.59 Å². The highest BCUT2D eigenvalue weighted by Crippen LogP contribution is 2.46. The molecule has 20 heavy (non-hydrogen) atoms. The van der Waals surface area contributed by atoms with Gasteiger partial charge in [0.05, 0.1) is 12.7 Å². The Labute approximate surface area is 118 Å². The van der Waals surface area contributed by atoms with Gasteiger partial charge >= 0.3 is 5.97 Å². The molecule has 0 spiro atoms. The Hall–Kier alpha value is -1.58. The number of hydrogen-bond acceptors (Lipinski definition) is 4. The summed E-state index contributed by atoms with van der Waals surface area (Å²) in [5, 5.41) is 0. The number of Topliss-reactive ketones (excluding diaryl/α,β-unsaturated/α-hetero) is 1. The maximum Gasteiger partial charge on any atom is 0.317 e. The van der Waals surface area contributed by atoms with Gasteiger partial charge in [0, 0.05) is 17.9 Å². The number of hydrogen-bond donors (Lipinski definition) is 0. The number of rotatable bonds is 3. The van der Waals surface area contributed by atoms with Gasteiger partial charge in [-0.15, -0.1) is 0 Å². The van der Waals surface area contributed by atoms with E-state index >= 15 is 0 Å². The third-order valence-electron chi connectivity index (χ3n) is 4.52. The second kappa shape index (κ2) is 5.08. The van der Waals surface area contributed by atoms with Crippen LogP contribution in [0.5, 0.6) is 0 Å². The summed E-state index contributed by atoms with van der Waals surface area (Å²) in [5.41, 5.74) is 1.76. The number of carbonyl (C=O) groups is 2. The summed E-state index contributed by atoms with van der Waals surface area (Å²) in [6.45, 7) is 2.06. The number of fused-ring (bicyclic) bond motifs is 3. The largest absolute Gasteiger partial charge is 0.468 e. The molecular formula is C16H20O4. The fourth-order valence-electron chi connectivity index (χ4n) is 3.62. The van der Waals surface area contributed by atoms with Gasteiger partial charge in [0.1, 0.15) is 17.4 Å². The molecule has 2 aliphatic carbocycles. The van der Waals surface area contributed by atoms with Crippen LogP contribution in [0.15, 0.2) is 4.42 Å². The molecule has 0 N–H and O–H groups in total. The molecule has 2 aliphatic rings. The van der Waals surface area contributed by atoms with E-state index in [1.54, 1.807) is 0 Å². The molecule has 0 fully saturated rings. The summed E-state index contributed by atoms with van der Waals surface area (Å²) in [6, 6.07) is 0. The fourth-order valence-corrected chi connectivity index (χ4v) is 3.62. The highest BCUT2D eigenvalue weighted by Gasteiger charge is 2.49. The molecule has 0 unspecified atom stereocenters. The molecule has 0 amide bonds. The van der Waals surface area contributed by atoms with E-state index in [0.29, 0.717) is 5.56 Å². The maximum absolute atomic E-state index is 12.7. The Bertz CT molecular complexity index is 555. The lowest BCUT2D eigenvalue weighted by molar-refractivity contribution is -0.144. The number of carbonyl (C=O) groups excluding carboxylic acids is 2. The first kappa shape index (κ1) is 13.4. The Morgan fingerprint density at radius 2 is 2.10 bits per heavy atom. The fraction of sp³-hybridized carbons (Fsp3) is 0.625. The number of aryl methyl sites for hydroxylation is 1. The third kappa shape index (κ3) is 1.81. The van der Waals surface area contributed by atoms with Crippen LogP contribution in [0.2, 0.25) is 0 Å². The van der Waals surface area contributed by atoms with Crippen molar-refractivity contribution in [2.24, 2.45) is 5.92 Å². The van der Waals surface area contributed by atoms with Gasteiger partial charge in [-0.25, -0.2) is 0 Å². The van der Waals surface area contributed by atoms with Crippen molar-refractivity contribution in [3.63, 3.8) is 0 Å². The highest BCUT2D eigenvalue weighted by atomic mass is 16.5. The lowest BCUT2D eigenvalue weighted by Crippen LogP contribution is -2.26. The zero-order chi connectivity index (χ0) is 14.3. The van der Waals surface area contributed by atoms with Crippen LogP contribution in [0.3, 0.4) is 0 Å². The van der Waals surface area contributed by atoms with Crippen molar-refractivity contribution in [2.45, 2.75) is 51.4 Å². The van der Waals surface area contributed by atoms with Gasteiger partial charge in [-0.3, -0.25) is 9.59 Å². The van der Waals surface area contributed by atoms with Crippen LogP contribution in [0, 0.1) is 5.92 Å². The van der Waals surface area contributed by atoms with Crippen molar-refractivity contribution in [3.05, 3.63) is 22.6 Å². The molecule has 0 bridgehead atoms. The first-order valence-electron chi connectivity index (χ1n) is 7.45. The van der Waals surface area contributed by atoms with Crippen LogP contribution in [-0.4, -0.2) is 18.9 Å². The third-order valence-corrected chi connectivity index (χ3v) is 4.52. The van der Waals surface area contributed by atoms with Crippen molar-refractivity contribution in [3.8, 4) is 0 Å². The van der Waals surface area contributed by atoms with E-state index < -0.39 is 11.9 Å². The molecule has 0 radical (unpaired) electrons. The van der Waals surface area contributed by atoms with Crippen LogP contribution < -0.4 is 0 Å². The van der Waals surface area contributed by atoms with Crippen LogP contribution >= 0.6 is 0 Å². The molecule has 0 saturated carbocycles. The molecule has 108 valence electrons. The van der Waals surface area contributed by atoms with Crippen molar-refractivity contribution in [1.29, 1.82) is 0 Å². The number of ether oxygens (including phenoxy) is 1. The van der Waals surface area contributed by atoms with Gasteiger partial charge in [-0.1, -0.05) is 13.3 Å². The Morgan fingerprint density at radius 1 is 1.35 bits per heavy atom. The molecule has 0 saturated heterocycles. The highest BCUT2D eigenvalue weighted by molar-refractivity contribution is 6.13. The standard InChI is InChI=1S/C16H20O4/c1-3-6-10-13(16(18)19-2)14(17)12-9-7-4-5-8-11(9)20-15(10)12/h10,13H,3-8H2,1-2H3/t10-,13-/m1/s1. The first-order chi connectivity index (χ1) is 9.69. The molecule has 0 aliphatic heterocycles. The van der Waals surface area contributed by atoms with E-state index in [1.807, 2.05) is 0 Å². The molecule has 0 aromatic carbocycles. The molecule has 2 atom stereocenters. The average molecular weight is 276 g/mol. The minimum absolute atomic E-state index is 0.0859. The van der Waals surface area contributed by atoms with E-state index in [2.05, 4.69) is 6.92 Å². The topological polar surface area (TPSA) is 56.5 Å². The minimum Gasteiger partial charge on any atom is -0.468 e. The zero-order valence-electron chi connectivity index (χ0n) is 12.0. The number of ketones is 1. The molecule has 3 rings (SSSR count). The maximum atomic E-state index is 12.7. The lowest BCUT2D eigenvalue weighted by atomic mass is 9.90. The summed E-state index contributed by atoms with van der Waals surface area (Å²) in [5.74, 6) is 0.376. The van der Waals surface area contributed by atoms with Crippen LogP contribution in [0.4, 0.5) is 0 Å². The van der Waals surface area contributed by atoms with Gasteiger partial charge in [0.15, 0.2) is 5.78 Å². The summed E-state index contributed by atoms with van der Waals surface area (Å²) < 4.78 is 10.8. The van der Waals surface area contributed by atoms with E-state index in [4.69, 9.17) is 9.15 Å². The lowest BCUT2D eigenvalue weighted by Gasteiger charge is -2.16. The van der Waals surface area contributed by atoms with Gasteiger partial charge in [0.25, 0.3) is 0 Å². The Morgan fingerprint density at radius 3 is 2.80 bits per heavy atom. The summed E-state index contributed by atoms with van der Waals surface area (Å²) in [4.78, 5) is 24.6. The predicted octanol–water partition coefficient (Wildman–Crippen LogP) is 3.03. The van der Waals surface area contributed by atoms with Gasteiger partial charge in [-0.2, -0.15) is 0 Å². The first-order valence-corrected chi connectivity index (χ1v) is 7.45. The normalized spacial score (nSPS) is 24.4. The van der Waals surface area contributed by atoms with Gasteiger partial charge in [0.2, 0.25) is 0 Å². The number of furan rings is 1. The Kier molecular flexibility index (Phi) is 3.40. The van der Waals surface area contributed by atoms with Crippen LogP contribution in [0.25, 0.3) is 0 Å². The summed E-state index contributed by atoms with van der Waals surface area (Å²) in [7, 11) is 1.34. The van der Waals surface area contributed by atoms with Crippen molar-refractivity contribution >= 4 is 11.8 Å². The van der Waals surface area contributed by atoms with Crippen molar-refractivity contribution < 1.29 is 18.7 Å². The number of esters is 1. The van der Waals surface area contributed by atoms with Crippen LogP contribution in [0.1, 0.15) is 66.0 Å². The van der Waals surface area contributed by atoms with Crippen molar-refractivity contribution in [1.82, 2.24) is 0 Å². The quantitative estimate of drug-likeness (QED) is 0.629. The smallest absolute Gasteiger partial charge is 0.317 e. The minimum atomic E-state index is -0.694. The molecule has 1 aromatic rings. The van der Waals surface area contributed by atoms with Gasteiger partial charge in [-0.05, 0) is 25.7 Å². The molecule has 1 heterocycles. The SMILES string of the molecule is CCC[C@H]1c2oc3c(c2C(=O)[C@@H]1C(=O)OC)CCCC3. The van der Waals surface area contributed by atoms with Crippen molar-refractivity contribution in [2.75, 3.05) is 7.11 Å². The summed E-state index contributed by atoms with van der Waals surface area (Å²) >= 11 is 0. The zero-order valence-corrected chi connectivity index (χ0v) is 12.0. The average Bonchev–Trinajstić information content (AvgIpc) is 2.96. The number of methoxy groups -OCH3 is 1. The molecule has 4 nitrogen and oxygen atoms in total. The second-order valence-corrected chi connectivity index (χ2v) is 5.71. The molecule has 1 aromatic heterocycles. The second-order valence-electron chi connectivity index (χ2n) is 5.71. The van der Waals surface area contributed by atoms with E-state index in [0.717, 1.165) is 55.6 Å². The molecule has 4 heteroatoms. The van der Waals surface area contributed by atoms with E-state index in [1.165, 1.54) is 7.11 Å². The van der Waals surface area contributed by atoms with Gasteiger partial charge < -0.3 is 9.15 Å². The predicted molar refractivity (Wildman–Crippen MR) is 72.8 cm³/mol. The monoisotopic (exact) mass is 276 g/mol. The molecular weight excluding hydrogens is 256 g/mol. The summed E-state index contributed by atoms with van der Waals surface area (Å²) in [6.07, 6.45) is 5.71. The Balaban J connectivity index is 2.06. The van der Waals surface area contributed by atoms with E-state index in [-0.39, 0.29) is 11.7 Å².